The molecule has 0 aliphatic carbocycles. The predicted molar refractivity (Wildman–Crippen MR) is 93.2 cm³/mol. The zero-order chi connectivity index (χ0) is 16.2. The quantitative estimate of drug-likeness (QED) is 0.906. The zero-order valence-corrected chi connectivity index (χ0v) is 13.7. The van der Waals surface area contributed by atoms with Crippen LogP contribution in [-0.2, 0) is 17.8 Å². The highest BCUT2D eigenvalue weighted by atomic mass is 32.2. The van der Waals surface area contributed by atoms with E-state index in [1.165, 1.54) is 10.5 Å². The van der Waals surface area contributed by atoms with Gasteiger partial charge in [0.25, 0.3) is 11.1 Å². The van der Waals surface area contributed by atoms with Crippen LogP contribution < -0.4 is 5.32 Å². The highest BCUT2D eigenvalue weighted by Crippen LogP contribution is 2.29. The van der Waals surface area contributed by atoms with E-state index in [1.807, 2.05) is 54.6 Å². The number of aryl methyl sites for hydroxylation is 1. The van der Waals surface area contributed by atoms with Crippen molar-refractivity contribution in [3.63, 3.8) is 0 Å². The lowest BCUT2D eigenvalue weighted by Gasteiger charge is -2.15. The molecule has 118 valence electrons. The van der Waals surface area contributed by atoms with Gasteiger partial charge >= 0.3 is 0 Å². The monoisotopic (exact) mass is 326 g/mol. The van der Waals surface area contributed by atoms with Crippen molar-refractivity contribution in [2.75, 3.05) is 5.32 Å². The first kappa shape index (κ1) is 15.6. The van der Waals surface area contributed by atoms with Crippen LogP contribution in [0.15, 0.2) is 54.6 Å². The molecule has 4 nitrogen and oxygen atoms in total. The lowest BCUT2D eigenvalue weighted by Crippen LogP contribution is -2.33. The van der Waals surface area contributed by atoms with Crippen LogP contribution in [-0.4, -0.2) is 21.4 Å². The Bertz CT molecular complexity index is 701. The molecule has 1 unspecified atom stereocenters. The van der Waals surface area contributed by atoms with Gasteiger partial charge in [-0.15, -0.1) is 0 Å². The highest BCUT2D eigenvalue weighted by Gasteiger charge is 2.39. The molecule has 0 saturated carbocycles. The molecule has 1 fully saturated rings. The molecule has 2 amide bonds. The molecule has 1 N–H and O–H groups in total. The number of carbonyl (C=O) groups excluding carboxylic acids is 2. The molecular weight excluding hydrogens is 308 g/mol. The fourth-order valence-electron chi connectivity index (χ4n) is 2.43. The van der Waals surface area contributed by atoms with Gasteiger partial charge in [0.15, 0.2) is 5.37 Å². The number of nitrogens with one attached hydrogen (secondary N) is 1. The summed E-state index contributed by atoms with van der Waals surface area (Å²) in [6, 6.07) is 17.5. The van der Waals surface area contributed by atoms with Gasteiger partial charge in [-0.05, 0) is 41.4 Å². The van der Waals surface area contributed by atoms with Gasteiger partial charge in [-0.1, -0.05) is 49.4 Å². The second kappa shape index (κ2) is 6.87. The van der Waals surface area contributed by atoms with Crippen molar-refractivity contribution < 1.29 is 9.59 Å². The number of benzene rings is 2. The Morgan fingerprint density at radius 2 is 1.70 bits per heavy atom. The van der Waals surface area contributed by atoms with E-state index < -0.39 is 5.37 Å². The predicted octanol–water partition coefficient (Wildman–Crippen LogP) is 3.88. The van der Waals surface area contributed by atoms with E-state index in [0.717, 1.165) is 29.4 Å². The molecule has 2 aromatic carbocycles. The minimum Gasteiger partial charge on any atom is -0.365 e. The number of anilines is 1. The second-order valence-electron chi connectivity index (χ2n) is 5.37. The molecule has 1 aliphatic rings. The maximum Gasteiger partial charge on any atom is 0.291 e. The minimum atomic E-state index is -0.557. The Labute approximate surface area is 139 Å². The Morgan fingerprint density at radius 3 is 2.35 bits per heavy atom. The molecule has 1 heterocycles. The van der Waals surface area contributed by atoms with Crippen LogP contribution in [0.1, 0.15) is 18.1 Å². The third-order valence-corrected chi connectivity index (χ3v) is 4.75. The van der Waals surface area contributed by atoms with Crippen LogP contribution in [0.2, 0.25) is 0 Å². The lowest BCUT2D eigenvalue weighted by atomic mass is 10.1. The third kappa shape index (κ3) is 3.56. The summed E-state index contributed by atoms with van der Waals surface area (Å²) < 4.78 is 0. The SMILES string of the molecule is CCc1ccc(NC2SC(=O)N(Cc3ccccc3)C2=O)cc1. The third-order valence-electron chi connectivity index (χ3n) is 3.77. The molecule has 3 rings (SSSR count). The van der Waals surface area contributed by atoms with Crippen LogP contribution in [0.4, 0.5) is 10.5 Å². The summed E-state index contributed by atoms with van der Waals surface area (Å²) >= 11 is 1.03. The van der Waals surface area contributed by atoms with Crippen LogP contribution in [0.5, 0.6) is 0 Å². The van der Waals surface area contributed by atoms with Gasteiger partial charge < -0.3 is 5.32 Å². The van der Waals surface area contributed by atoms with Gasteiger partial charge in [0.2, 0.25) is 0 Å². The average molecular weight is 326 g/mol. The summed E-state index contributed by atoms with van der Waals surface area (Å²) in [5.41, 5.74) is 3.04. The van der Waals surface area contributed by atoms with E-state index in [-0.39, 0.29) is 11.1 Å². The molecule has 0 bridgehead atoms. The number of imide groups is 1. The van der Waals surface area contributed by atoms with Crippen molar-refractivity contribution in [1.29, 1.82) is 0 Å². The van der Waals surface area contributed by atoms with Gasteiger partial charge in [-0.3, -0.25) is 14.5 Å². The Balaban J connectivity index is 1.68. The Hall–Kier alpha value is -2.27. The first-order valence-corrected chi connectivity index (χ1v) is 8.46. The van der Waals surface area contributed by atoms with Crippen LogP contribution >= 0.6 is 11.8 Å². The zero-order valence-electron chi connectivity index (χ0n) is 12.9. The number of hydrogen-bond donors (Lipinski definition) is 1. The number of rotatable bonds is 5. The van der Waals surface area contributed by atoms with Gasteiger partial charge in [0, 0.05) is 5.69 Å². The van der Waals surface area contributed by atoms with E-state index in [0.29, 0.717) is 6.54 Å². The fourth-order valence-corrected chi connectivity index (χ4v) is 3.34. The molecule has 1 aliphatic heterocycles. The number of thioether (sulfide) groups is 1. The van der Waals surface area contributed by atoms with Crippen molar-refractivity contribution in [2.45, 2.75) is 25.3 Å². The number of hydrogen-bond acceptors (Lipinski definition) is 4. The number of carbonyl (C=O) groups is 2. The summed E-state index contributed by atoms with van der Waals surface area (Å²) in [5.74, 6) is -0.191. The van der Waals surface area contributed by atoms with Gasteiger partial charge in [-0.2, -0.15) is 0 Å². The Morgan fingerprint density at radius 1 is 1.00 bits per heavy atom. The summed E-state index contributed by atoms with van der Waals surface area (Å²) in [7, 11) is 0. The minimum absolute atomic E-state index is 0.191. The molecular formula is C18H18N2O2S. The molecule has 0 spiro atoms. The maximum atomic E-state index is 12.5. The fraction of sp³-hybridized carbons (Fsp3) is 0.222. The molecule has 1 atom stereocenters. The number of amides is 2. The van der Waals surface area contributed by atoms with E-state index in [2.05, 4.69) is 12.2 Å². The average Bonchev–Trinajstić information content (AvgIpc) is 2.84. The van der Waals surface area contributed by atoms with Crippen molar-refractivity contribution in [3.05, 3.63) is 65.7 Å². The van der Waals surface area contributed by atoms with Crippen molar-refractivity contribution in [3.8, 4) is 0 Å². The highest BCUT2D eigenvalue weighted by molar-refractivity contribution is 8.15. The smallest absolute Gasteiger partial charge is 0.291 e. The standard InChI is InChI=1S/C18H18N2O2S/c1-2-13-8-10-15(11-9-13)19-16-17(21)20(18(22)23-16)12-14-6-4-3-5-7-14/h3-11,16,19H,2,12H2,1H3. The van der Waals surface area contributed by atoms with Gasteiger partial charge in [0.1, 0.15) is 0 Å². The van der Waals surface area contributed by atoms with Gasteiger partial charge in [-0.25, -0.2) is 0 Å². The first-order chi connectivity index (χ1) is 11.2. The molecule has 0 radical (unpaired) electrons. The van der Waals surface area contributed by atoms with Crippen LogP contribution in [0.3, 0.4) is 0 Å². The van der Waals surface area contributed by atoms with Gasteiger partial charge in [0.05, 0.1) is 6.54 Å². The van der Waals surface area contributed by atoms with Crippen LogP contribution in [0.25, 0.3) is 0 Å². The van der Waals surface area contributed by atoms with E-state index >= 15 is 0 Å². The topological polar surface area (TPSA) is 49.4 Å². The largest absolute Gasteiger partial charge is 0.365 e. The second-order valence-corrected chi connectivity index (χ2v) is 6.42. The summed E-state index contributed by atoms with van der Waals surface area (Å²) in [5, 5.41) is 2.38. The normalized spacial score (nSPS) is 17.6. The lowest BCUT2D eigenvalue weighted by molar-refractivity contribution is -0.126. The maximum absolute atomic E-state index is 12.5. The molecule has 2 aromatic rings. The summed E-state index contributed by atoms with van der Waals surface area (Å²) in [4.78, 5) is 25.9. The van der Waals surface area contributed by atoms with E-state index in [9.17, 15) is 9.59 Å². The molecule has 23 heavy (non-hydrogen) atoms. The van der Waals surface area contributed by atoms with Crippen LogP contribution in [0, 0.1) is 0 Å². The van der Waals surface area contributed by atoms with E-state index in [4.69, 9.17) is 0 Å². The summed E-state index contributed by atoms with van der Waals surface area (Å²) in [6.07, 6.45) is 0.973. The Kier molecular flexibility index (Phi) is 4.67. The molecule has 5 heteroatoms. The molecule has 0 aromatic heterocycles. The van der Waals surface area contributed by atoms with Crippen molar-refractivity contribution in [2.24, 2.45) is 0 Å². The molecule has 1 saturated heterocycles. The number of nitrogens with zero attached hydrogens (tertiary/aromatic N) is 1. The van der Waals surface area contributed by atoms with Crippen molar-refractivity contribution in [1.82, 2.24) is 4.90 Å². The van der Waals surface area contributed by atoms with Crippen molar-refractivity contribution >= 4 is 28.6 Å². The summed E-state index contributed by atoms with van der Waals surface area (Å²) in [6.45, 7) is 2.41. The van der Waals surface area contributed by atoms with E-state index in [1.54, 1.807) is 0 Å². The first-order valence-electron chi connectivity index (χ1n) is 7.59.